The van der Waals surface area contributed by atoms with Crippen LogP contribution in [0.4, 0.5) is 11.4 Å². The Balaban J connectivity index is 1.23. The maximum absolute atomic E-state index is 12.6. The molecule has 30 heavy (non-hydrogen) atoms. The van der Waals surface area contributed by atoms with Crippen LogP contribution in [0.25, 0.3) is 0 Å². The number of nitrogens with one attached hydrogen (secondary N) is 1. The van der Waals surface area contributed by atoms with Gasteiger partial charge in [0.25, 0.3) is 0 Å². The van der Waals surface area contributed by atoms with Crippen LogP contribution >= 0.6 is 23.2 Å². The van der Waals surface area contributed by atoms with Gasteiger partial charge >= 0.3 is 0 Å². The van der Waals surface area contributed by atoms with Crippen molar-refractivity contribution in [2.24, 2.45) is 0 Å². The number of carbonyl (C=O) groups excluding carboxylic acids is 1. The predicted molar refractivity (Wildman–Crippen MR) is 120 cm³/mol. The highest BCUT2D eigenvalue weighted by molar-refractivity contribution is 6.42. The average molecular weight is 450 g/mol. The van der Waals surface area contributed by atoms with Crippen molar-refractivity contribution in [1.82, 2.24) is 4.90 Å². The van der Waals surface area contributed by atoms with Crippen LogP contribution in [0.2, 0.25) is 10.0 Å². The minimum absolute atomic E-state index is 0.103. The highest BCUT2D eigenvalue weighted by Crippen LogP contribution is 2.29. The number of aryl methyl sites for hydroxylation is 1. The third kappa shape index (κ3) is 4.94. The van der Waals surface area contributed by atoms with Crippen LogP contribution in [0.5, 0.6) is 5.75 Å². The average Bonchev–Trinajstić information content (AvgIpc) is 2.76. The normalized spacial score (nSPS) is 18.6. The van der Waals surface area contributed by atoms with Gasteiger partial charge < -0.3 is 25.0 Å². The van der Waals surface area contributed by atoms with Crippen LogP contribution in [0.15, 0.2) is 36.4 Å². The number of piperazine rings is 1. The van der Waals surface area contributed by atoms with Gasteiger partial charge in [-0.3, -0.25) is 4.79 Å². The number of benzene rings is 2. The molecule has 4 rings (SSSR count). The van der Waals surface area contributed by atoms with Crippen molar-refractivity contribution in [2.75, 3.05) is 43.0 Å². The van der Waals surface area contributed by atoms with E-state index in [1.54, 1.807) is 6.07 Å². The van der Waals surface area contributed by atoms with Crippen molar-refractivity contribution < 1.29 is 14.6 Å². The molecule has 0 aliphatic carbocycles. The summed E-state index contributed by atoms with van der Waals surface area (Å²) in [5.74, 6) is 0.857. The number of ether oxygens (including phenoxy) is 1. The number of aliphatic hydroxyl groups is 1. The van der Waals surface area contributed by atoms with E-state index in [4.69, 9.17) is 27.9 Å². The fourth-order valence-corrected chi connectivity index (χ4v) is 4.15. The molecule has 1 atom stereocenters. The van der Waals surface area contributed by atoms with E-state index in [2.05, 4.69) is 10.2 Å². The summed E-state index contributed by atoms with van der Waals surface area (Å²) in [6.07, 6.45) is 1.35. The van der Waals surface area contributed by atoms with Crippen molar-refractivity contribution in [3.05, 3.63) is 52.0 Å². The summed E-state index contributed by atoms with van der Waals surface area (Å²) in [4.78, 5) is 16.6. The molecule has 2 heterocycles. The third-order valence-corrected chi connectivity index (χ3v) is 6.31. The van der Waals surface area contributed by atoms with Crippen LogP contribution < -0.4 is 15.0 Å². The molecule has 2 aliphatic rings. The molecule has 0 radical (unpaired) electrons. The van der Waals surface area contributed by atoms with Crippen LogP contribution in [-0.4, -0.2) is 54.9 Å². The maximum Gasteiger partial charge on any atom is 0.226 e. The van der Waals surface area contributed by atoms with E-state index in [0.717, 1.165) is 42.2 Å². The first-order chi connectivity index (χ1) is 14.5. The number of anilines is 2. The molecule has 1 amide bonds. The lowest BCUT2D eigenvalue weighted by Gasteiger charge is -2.36. The van der Waals surface area contributed by atoms with Crippen molar-refractivity contribution in [3.8, 4) is 5.75 Å². The molecule has 2 N–H and O–H groups in total. The summed E-state index contributed by atoms with van der Waals surface area (Å²) in [5.41, 5.74) is 3.09. The summed E-state index contributed by atoms with van der Waals surface area (Å²) in [6.45, 7) is 3.21. The van der Waals surface area contributed by atoms with Gasteiger partial charge in [-0.2, -0.15) is 0 Å². The lowest BCUT2D eigenvalue weighted by Crippen LogP contribution is -2.49. The van der Waals surface area contributed by atoms with Gasteiger partial charge in [0.05, 0.1) is 23.1 Å². The molecule has 0 aromatic heterocycles. The summed E-state index contributed by atoms with van der Waals surface area (Å²) in [6, 6.07) is 11.4. The molecule has 2 aliphatic heterocycles. The summed E-state index contributed by atoms with van der Waals surface area (Å²) >= 11 is 12.1. The number of rotatable bonds is 5. The van der Waals surface area contributed by atoms with E-state index >= 15 is 0 Å². The smallest absolute Gasteiger partial charge is 0.226 e. The van der Waals surface area contributed by atoms with Crippen LogP contribution in [-0.2, 0) is 11.2 Å². The van der Waals surface area contributed by atoms with Gasteiger partial charge in [-0.05, 0) is 54.8 Å². The standard InChI is InChI=1S/C22H25Cl2N3O3/c23-18-4-2-16(14-19(18)24)26-8-10-27(11-9-26)22(29)7-12-30-17-3-5-20-15(13-17)1-6-21(28)25-20/h2-5,13-14,21,25,28H,1,6-12H2. The first-order valence-corrected chi connectivity index (χ1v) is 10.9. The first kappa shape index (κ1) is 21.1. The maximum atomic E-state index is 12.6. The number of halogens is 2. The first-order valence-electron chi connectivity index (χ1n) is 10.2. The summed E-state index contributed by atoms with van der Waals surface area (Å²) in [5, 5.41) is 13.8. The van der Waals surface area contributed by atoms with Gasteiger partial charge in [0.1, 0.15) is 12.0 Å². The fraction of sp³-hybridized carbons (Fsp3) is 0.409. The Morgan fingerprint density at radius 1 is 1.10 bits per heavy atom. The zero-order chi connectivity index (χ0) is 21.1. The number of amides is 1. The Bertz CT molecular complexity index is 916. The molecule has 8 heteroatoms. The zero-order valence-electron chi connectivity index (χ0n) is 16.6. The van der Waals surface area contributed by atoms with Crippen LogP contribution in [0.1, 0.15) is 18.4 Å². The highest BCUT2D eigenvalue weighted by Gasteiger charge is 2.22. The van der Waals surface area contributed by atoms with Crippen LogP contribution in [0, 0.1) is 0 Å². The third-order valence-electron chi connectivity index (χ3n) is 5.57. The predicted octanol–water partition coefficient (Wildman–Crippen LogP) is 3.79. The number of aliphatic hydroxyl groups excluding tert-OH is 1. The highest BCUT2D eigenvalue weighted by atomic mass is 35.5. The molecular weight excluding hydrogens is 425 g/mol. The molecule has 2 aromatic rings. The van der Waals surface area contributed by atoms with E-state index in [1.807, 2.05) is 35.2 Å². The molecule has 0 bridgehead atoms. The Hall–Kier alpha value is -2.15. The number of hydrogen-bond acceptors (Lipinski definition) is 5. The topological polar surface area (TPSA) is 65.0 Å². The lowest BCUT2D eigenvalue weighted by molar-refractivity contribution is -0.132. The number of fused-ring (bicyclic) bond motifs is 1. The monoisotopic (exact) mass is 449 g/mol. The fourth-order valence-electron chi connectivity index (χ4n) is 3.86. The van der Waals surface area contributed by atoms with Gasteiger partial charge in [0.2, 0.25) is 5.91 Å². The van der Waals surface area contributed by atoms with Gasteiger partial charge in [0.15, 0.2) is 0 Å². The SMILES string of the molecule is O=C(CCOc1ccc2c(c1)CCC(O)N2)N1CCN(c2ccc(Cl)c(Cl)c2)CC1. The lowest BCUT2D eigenvalue weighted by atomic mass is 10.0. The second-order valence-electron chi connectivity index (χ2n) is 7.58. The Morgan fingerprint density at radius 2 is 1.90 bits per heavy atom. The second-order valence-corrected chi connectivity index (χ2v) is 8.40. The molecule has 1 fully saturated rings. The molecule has 0 saturated carbocycles. The Kier molecular flexibility index (Phi) is 6.56. The Morgan fingerprint density at radius 3 is 2.67 bits per heavy atom. The van der Waals surface area contributed by atoms with Gasteiger partial charge in [-0.15, -0.1) is 0 Å². The van der Waals surface area contributed by atoms with Crippen molar-refractivity contribution in [3.63, 3.8) is 0 Å². The quantitative estimate of drug-likeness (QED) is 0.726. The van der Waals surface area contributed by atoms with Crippen molar-refractivity contribution in [1.29, 1.82) is 0 Å². The molecular formula is C22H25Cl2N3O3. The number of carbonyl (C=O) groups is 1. The molecule has 160 valence electrons. The van der Waals surface area contributed by atoms with E-state index in [0.29, 0.717) is 42.6 Å². The van der Waals surface area contributed by atoms with Gasteiger partial charge in [-0.25, -0.2) is 0 Å². The van der Waals surface area contributed by atoms with E-state index < -0.39 is 6.23 Å². The van der Waals surface area contributed by atoms with E-state index in [9.17, 15) is 9.90 Å². The zero-order valence-corrected chi connectivity index (χ0v) is 18.1. The minimum Gasteiger partial charge on any atom is -0.493 e. The number of nitrogens with zero attached hydrogens (tertiary/aromatic N) is 2. The van der Waals surface area contributed by atoms with Crippen molar-refractivity contribution >= 4 is 40.5 Å². The van der Waals surface area contributed by atoms with E-state index in [1.165, 1.54) is 0 Å². The molecule has 0 spiro atoms. The second kappa shape index (κ2) is 9.33. The van der Waals surface area contributed by atoms with Gasteiger partial charge in [-0.1, -0.05) is 23.2 Å². The molecule has 1 saturated heterocycles. The largest absolute Gasteiger partial charge is 0.493 e. The van der Waals surface area contributed by atoms with Crippen molar-refractivity contribution in [2.45, 2.75) is 25.5 Å². The molecule has 1 unspecified atom stereocenters. The van der Waals surface area contributed by atoms with E-state index in [-0.39, 0.29) is 5.91 Å². The Labute approximate surface area is 186 Å². The number of hydrogen-bond donors (Lipinski definition) is 2. The summed E-state index contributed by atoms with van der Waals surface area (Å²) < 4.78 is 5.80. The van der Waals surface area contributed by atoms with Gasteiger partial charge in [0, 0.05) is 37.6 Å². The molecule has 2 aromatic carbocycles. The summed E-state index contributed by atoms with van der Waals surface area (Å²) in [7, 11) is 0. The minimum atomic E-state index is -0.487. The molecule has 6 nitrogen and oxygen atoms in total. The van der Waals surface area contributed by atoms with Crippen LogP contribution in [0.3, 0.4) is 0 Å².